The van der Waals surface area contributed by atoms with Crippen LogP contribution >= 0.6 is 27.5 Å². The average molecular weight is 327 g/mol. The summed E-state index contributed by atoms with van der Waals surface area (Å²) in [6, 6.07) is 6.30. The van der Waals surface area contributed by atoms with Gasteiger partial charge in [0.15, 0.2) is 5.82 Å². The molecule has 1 aromatic heterocycles. The number of nitrogens with zero attached hydrogens (tertiary/aromatic N) is 3. The molecule has 3 nitrogen and oxygen atoms in total. The molecule has 0 saturated carbocycles. The molecule has 0 unspecified atom stereocenters. The molecule has 18 heavy (non-hydrogen) atoms. The van der Waals surface area contributed by atoms with Crippen molar-refractivity contribution in [3.8, 4) is 0 Å². The Balaban J connectivity index is 2.47. The summed E-state index contributed by atoms with van der Waals surface area (Å²) in [6.07, 6.45) is 1.66. The van der Waals surface area contributed by atoms with E-state index >= 15 is 0 Å². The smallest absolute Gasteiger partial charge is 0.224 e. The van der Waals surface area contributed by atoms with Gasteiger partial charge in [0.25, 0.3) is 0 Å². The highest BCUT2D eigenvalue weighted by atomic mass is 79.9. The Morgan fingerprint density at radius 1 is 1.28 bits per heavy atom. The van der Waals surface area contributed by atoms with Crippen molar-refractivity contribution in [2.24, 2.45) is 0 Å². The lowest BCUT2D eigenvalue weighted by molar-refractivity contribution is 1.06. The fourth-order valence-electron chi connectivity index (χ4n) is 1.87. The van der Waals surface area contributed by atoms with Crippen LogP contribution in [-0.4, -0.2) is 17.0 Å². The standard InChI is InChI=1S/C13H13BrClN3/c1-8-4-5-11(9(2)6-8)18(3)12-10(14)7-16-13(15)17-12/h4-7H,1-3H3. The number of anilines is 2. The Labute approximate surface area is 120 Å². The highest BCUT2D eigenvalue weighted by Crippen LogP contribution is 2.31. The van der Waals surface area contributed by atoms with E-state index in [0.29, 0.717) is 0 Å². The molecular weight excluding hydrogens is 314 g/mol. The molecular formula is C13H13BrClN3. The Kier molecular flexibility index (Phi) is 3.88. The summed E-state index contributed by atoms with van der Waals surface area (Å²) in [5.74, 6) is 0.752. The van der Waals surface area contributed by atoms with Gasteiger partial charge in [0.2, 0.25) is 5.28 Å². The van der Waals surface area contributed by atoms with Crippen molar-refractivity contribution < 1.29 is 0 Å². The second-order valence-corrected chi connectivity index (χ2v) is 5.35. The SMILES string of the molecule is Cc1ccc(N(C)c2nc(Cl)ncc2Br)c(C)c1. The number of aryl methyl sites for hydroxylation is 2. The van der Waals surface area contributed by atoms with E-state index in [2.05, 4.69) is 57.9 Å². The topological polar surface area (TPSA) is 29.0 Å². The molecule has 0 saturated heterocycles. The molecule has 0 N–H and O–H groups in total. The van der Waals surface area contributed by atoms with Crippen LogP contribution in [0.15, 0.2) is 28.9 Å². The highest BCUT2D eigenvalue weighted by Gasteiger charge is 2.12. The summed E-state index contributed by atoms with van der Waals surface area (Å²) in [5, 5.41) is 0.241. The van der Waals surface area contributed by atoms with Crippen molar-refractivity contribution in [3.05, 3.63) is 45.3 Å². The lowest BCUT2D eigenvalue weighted by atomic mass is 10.1. The predicted molar refractivity (Wildman–Crippen MR) is 78.7 cm³/mol. The van der Waals surface area contributed by atoms with Crippen molar-refractivity contribution in [2.75, 3.05) is 11.9 Å². The average Bonchev–Trinajstić information content (AvgIpc) is 2.31. The fraction of sp³-hybridized carbons (Fsp3) is 0.231. The molecule has 0 radical (unpaired) electrons. The Morgan fingerprint density at radius 3 is 2.67 bits per heavy atom. The van der Waals surface area contributed by atoms with Crippen molar-refractivity contribution in [1.82, 2.24) is 9.97 Å². The van der Waals surface area contributed by atoms with Crippen molar-refractivity contribution in [3.63, 3.8) is 0 Å². The Morgan fingerprint density at radius 2 is 2.00 bits per heavy atom. The van der Waals surface area contributed by atoms with E-state index < -0.39 is 0 Å². The minimum absolute atomic E-state index is 0.241. The number of rotatable bonds is 2. The quantitative estimate of drug-likeness (QED) is 0.771. The van der Waals surface area contributed by atoms with E-state index in [1.165, 1.54) is 11.1 Å². The van der Waals surface area contributed by atoms with Gasteiger partial charge >= 0.3 is 0 Å². The summed E-state index contributed by atoms with van der Waals surface area (Å²) in [6.45, 7) is 4.16. The van der Waals surface area contributed by atoms with Gasteiger partial charge < -0.3 is 4.90 Å². The Bertz CT molecular complexity index is 586. The van der Waals surface area contributed by atoms with Crippen molar-refractivity contribution in [1.29, 1.82) is 0 Å². The first kappa shape index (κ1) is 13.3. The molecule has 0 aliphatic rings. The van der Waals surface area contributed by atoms with E-state index in [0.717, 1.165) is 16.0 Å². The van der Waals surface area contributed by atoms with Gasteiger partial charge in [0.05, 0.1) is 4.47 Å². The third-order valence-electron chi connectivity index (χ3n) is 2.73. The van der Waals surface area contributed by atoms with Crippen molar-refractivity contribution >= 4 is 39.0 Å². The first-order valence-corrected chi connectivity index (χ1v) is 6.65. The molecule has 94 valence electrons. The molecule has 1 aromatic carbocycles. The zero-order valence-electron chi connectivity index (χ0n) is 10.4. The first-order valence-electron chi connectivity index (χ1n) is 5.48. The molecule has 0 atom stereocenters. The molecule has 2 aromatic rings. The Hall–Kier alpha value is -1.13. The maximum absolute atomic E-state index is 5.84. The van der Waals surface area contributed by atoms with E-state index in [1.54, 1.807) is 6.20 Å². The van der Waals surface area contributed by atoms with Crippen LogP contribution in [0.5, 0.6) is 0 Å². The number of benzene rings is 1. The van der Waals surface area contributed by atoms with Gasteiger partial charge in [0, 0.05) is 18.9 Å². The number of aromatic nitrogens is 2. The number of hydrogen-bond acceptors (Lipinski definition) is 3. The van der Waals surface area contributed by atoms with Gasteiger partial charge in [-0.2, -0.15) is 4.98 Å². The van der Waals surface area contributed by atoms with Gasteiger partial charge in [-0.3, -0.25) is 0 Å². The minimum Gasteiger partial charge on any atom is -0.328 e. The summed E-state index contributed by atoms with van der Waals surface area (Å²) in [5.41, 5.74) is 3.53. The van der Waals surface area contributed by atoms with Crippen molar-refractivity contribution in [2.45, 2.75) is 13.8 Å². The zero-order valence-corrected chi connectivity index (χ0v) is 12.7. The lowest BCUT2D eigenvalue weighted by Crippen LogP contribution is -2.13. The van der Waals surface area contributed by atoms with E-state index in [-0.39, 0.29) is 5.28 Å². The van der Waals surface area contributed by atoms with E-state index in [4.69, 9.17) is 11.6 Å². The molecule has 0 spiro atoms. The maximum Gasteiger partial charge on any atom is 0.224 e. The highest BCUT2D eigenvalue weighted by molar-refractivity contribution is 9.10. The number of hydrogen-bond donors (Lipinski definition) is 0. The predicted octanol–water partition coefficient (Wildman–Crippen LogP) is 4.28. The van der Waals surface area contributed by atoms with Gasteiger partial charge in [-0.15, -0.1) is 0 Å². The second kappa shape index (κ2) is 5.24. The van der Waals surface area contributed by atoms with Crippen LogP contribution < -0.4 is 4.90 Å². The zero-order chi connectivity index (χ0) is 13.3. The lowest BCUT2D eigenvalue weighted by Gasteiger charge is -2.21. The summed E-state index contributed by atoms with van der Waals surface area (Å²) in [4.78, 5) is 10.2. The summed E-state index contributed by atoms with van der Waals surface area (Å²) in [7, 11) is 1.96. The van der Waals surface area contributed by atoms with Crippen LogP contribution in [0.25, 0.3) is 0 Å². The van der Waals surface area contributed by atoms with Gasteiger partial charge in [-0.25, -0.2) is 4.98 Å². The first-order chi connectivity index (χ1) is 8.49. The second-order valence-electron chi connectivity index (χ2n) is 4.16. The third-order valence-corrected chi connectivity index (χ3v) is 3.47. The van der Waals surface area contributed by atoms with Crippen LogP contribution in [0.1, 0.15) is 11.1 Å². The van der Waals surface area contributed by atoms with Crippen LogP contribution in [0.3, 0.4) is 0 Å². The molecule has 0 fully saturated rings. The maximum atomic E-state index is 5.84. The monoisotopic (exact) mass is 325 g/mol. The summed E-state index contributed by atoms with van der Waals surface area (Å²) < 4.78 is 0.814. The number of halogens is 2. The van der Waals surface area contributed by atoms with Crippen LogP contribution in [-0.2, 0) is 0 Å². The third kappa shape index (κ3) is 2.65. The van der Waals surface area contributed by atoms with Crippen LogP contribution in [0.4, 0.5) is 11.5 Å². The van der Waals surface area contributed by atoms with E-state index in [1.807, 2.05) is 11.9 Å². The van der Waals surface area contributed by atoms with Gasteiger partial charge in [-0.1, -0.05) is 17.7 Å². The fourth-order valence-corrected chi connectivity index (χ4v) is 2.45. The molecule has 1 heterocycles. The van der Waals surface area contributed by atoms with Gasteiger partial charge in [-0.05, 0) is 53.0 Å². The normalized spacial score (nSPS) is 10.5. The van der Waals surface area contributed by atoms with Crippen LogP contribution in [0, 0.1) is 13.8 Å². The minimum atomic E-state index is 0.241. The molecule has 5 heteroatoms. The largest absolute Gasteiger partial charge is 0.328 e. The summed E-state index contributed by atoms with van der Waals surface area (Å²) >= 11 is 9.29. The van der Waals surface area contributed by atoms with Crippen LogP contribution in [0.2, 0.25) is 5.28 Å². The van der Waals surface area contributed by atoms with E-state index in [9.17, 15) is 0 Å². The van der Waals surface area contributed by atoms with Gasteiger partial charge in [0.1, 0.15) is 0 Å². The molecule has 0 amide bonds. The molecule has 0 bridgehead atoms. The molecule has 0 aliphatic heterocycles. The molecule has 0 aliphatic carbocycles. The molecule has 2 rings (SSSR count).